The summed E-state index contributed by atoms with van der Waals surface area (Å²) < 4.78 is 4.75. The Kier molecular flexibility index (Phi) is 4.13. The minimum Gasteiger partial charge on any atom is -0.508 e. The number of aromatic hydroxyl groups is 2. The number of hydrogen-bond donors (Lipinski definition) is 3. The monoisotopic (exact) mass is 225 g/mol. The van der Waals surface area contributed by atoms with Crippen molar-refractivity contribution in [2.75, 3.05) is 6.61 Å². The Bertz CT molecular complexity index is 358. The number of ether oxygens (including phenoxy) is 1. The van der Waals surface area contributed by atoms with Crippen LogP contribution in [0.25, 0.3) is 0 Å². The second-order valence-electron chi connectivity index (χ2n) is 3.42. The van der Waals surface area contributed by atoms with E-state index in [4.69, 9.17) is 10.5 Å². The molecule has 0 aliphatic rings. The molecule has 16 heavy (non-hydrogen) atoms. The van der Waals surface area contributed by atoms with Crippen LogP contribution in [0.4, 0.5) is 0 Å². The van der Waals surface area contributed by atoms with Crippen molar-refractivity contribution in [2.24, 2.45) is 5.73 Å². The highest BCUT2D eigenvalue weighted by Crippen LogP contribution is 2.21. The first-order valence-corrected chi connectivity index (χ1v) is 4.97. The fourth-order valence-electron chi connectivity index (χ4n) is 1.36. The van der Waals surface area contributed by atoms with E-state index in [1.807, 2.05) is 0 Å². The highest BCUT2D eigenvalue weighted by atomic mass is 16.5. The normalized spacial score (nSPS) is 12.1. The van der Waals surface area contributed by atoms with E-state index in [-0.39, 0.29) is 24.5 Å². The fraction of sp³-hybridized carbons (Fsp3) is 0.364. The maximum absolute atomic E-state index is 11.2. The van der Waals surface area contributed by atoms with Gasteiger partial charge in [-0.15, -0.1) is 0 Å². The van der Waals surface area contributed by atoms with Crippen LogP contribution in [0.5, 0.6) is 11.5 Å². The lowest BCUT2D eigenvalue weighted by molar-refractivity contribution is -0.144. The van der Waals surface area contributed by atoms with Crippen LogP contribution in [0.2, 0.25) is 0 Å². The van der Waals surface area contributed by atoms with Gasteiger partial charge in [0.05, 0.1) is 6.61 Å². The Hall–Kier alpha value is -1.75. The number of hydrogen-bond acceptors (Lipinski definition) is 5. The molecule has 1 aromatic rings. The Balaban J connectivity index is 2.69. The summed E-state index contributed by atoms with van der Waals surface area (Å²) in [6.07, 6.45) is 0.209. The van der Waals surface area contributed by atoms with Crippen LogP contribution in [0.3, 0.4) is 0 Å². The van der Waals surface area contributed by atoms with Crippen molar-refractivity contribution in [2.45, 2.75) is 19.4 Å². The predicted molar refractivity (Wildman–Crippen MR) is 58.1 cm³/mol. The van der Waals surface area contributed by atoms with Crippen molar-refractivity contribution in [1.29, 1.82) is 0 Å². The van der Waals surface area contributed by atoms with Crippen molar-refractivity contribution >= 4 is 5.97 Å². The molecule has 5 nitrogen and oxygen atoms in total. The van der Waals surface area contributed by atoms with Crippen molar-refractivity contribution in [3.05, 3.63) is 23.8 Å². The summed E-state index contributed by atoms with van der Waals surface area (Å²) >= 11 is 0. The summed E-state index contributed by atoms with van der Waals surface area (Å²) in [6, 6.07) is 3.30. The van der Waals surface area contributed by atoms with Gasteiger partial charge in [0.15, 0.2) is 0 Å². The number of phenols is 2. The van der Waals surface area contributed by atoms with Gasteiger partial charge in [-0.25, -0.2) is 0 Å². The van der Waals surface area contributed by atoms with Gasteiger partial charge in [0, 0.05) is 6.07 Å². The number of esters is 1. The first-order valence-electron chi connectivity index (χ1n) is 4.97. The van der Waals surface area contributed by atoms with Crippen LogP contribution in [0.1, 0.15) is 12.5 Å². The van der Waals surface area contributed by atoms with Crippen LogP contribution in [-0.2, 0) is 16.0 Å². The molecule has 1 aromatic carbocycles. The first kappa shape index (κ1) is 12.3. The van der Waals surface area contributed by atoms with E-state index in [9.17, 15) is 15.0 Å². The van der Waals surface area contributed by atoms with Gasteiger partial charge in [-0.3, -0.25) is 4.79 Å². The first-order chi connectivity index (χ1) is 7.52. The molecule has 0 fully saturated rings. The van der Waals surface area contributed by atoms with E-state index in [0.717, 1.165) is 0 Å². The topological polar surface area (TPSA) is 92.8 Å². The van der Waals surface area contributed by atoms with Crippen LogP contribution in [0.15, 0.2) is 18.2 Å². The summed E-state index contributed by atoms with van der Waals surface area (Å²) in [4.78, 5) is 11.2. The molecule has 0 aromatic heterocycles. The molecule has 0 spiro atoms. The maximum Gasteiger partial charge on any atom is 0.323 e. The molecule has 1 atom stereocenters. The van der Waals surface area contributed by atoms with Gasteiger partial charge >= 0.3 is 5.97 Å². The van der Waals surface area contributed by atoms with Crippen LogP contribution in [0, 0.1) is 0 Å². The van der Waals surface area contributed by atoms with E-state index < -0.39 is 12.0 Å². The fourth-order valence-corrected chi connectivity index (χ4v) is 1.36. The third-order valence-corrected chi connectivity index (χ3v) is 2.01. The van der Waals surface area contributed by atoms with Gasteiger partial charge in [-0.2, -0.15) is 0 Å². The predicted octanol–water partition coefficient (Wildman–Crippen LogP) is 0.531. The largest absolute Gasteiger partial charge is 0.508 e. The second-order valence-corrected chi connectivity index (χ2v) is 3.42. The standard InChI is InChI=1S/C11H15NO4/c1-2-16-11(15)10(12)5-7-3-8(13)6-9(14)4-7/h3-4,6,10,13-14H,2,5,12H2,1H3/t10-/m0/s1. The average Bonchev–Trinajstić information content (AvgIpc) is 2.16. The highest BCUT2D eigenvalue weighted by Gasteiger charge is 2.15. The molecule has 0 aliphatic carbocycles. The van der Waals surface area contributed by atoms with Gasteiger partial charge in [0.1, 0.15) is 17.5 Å². The molecule has 1 rings (SSSR count). The third-order valence-electron chi connectivity index (χ3n) is 2.01. The summed E-state index contributed by atoms with van der Waals surface area (Å²) in [7, 11) is 0. The molecular formula is C11H15NO4. The molecule has 5 heteroatoms. The molecule has 0 saturated heterocycles. The Morgan fingerprint density at radius 1 is 1.38 bits per heavy atom. The minimum absolute atomic E-state index is 0.0638. The van der Waals surface area contributed by atoms with E-state index in [1.54, 1.807) is 6.92 Å². The van der Waals surface area contributed by atoms with E-state index in [2.05, 4.69) is 0 Å². The van der Waals surface area contributed by atoms with E-state index in [1.165, 1.54) is 18.2 Å². The van der Waals surface area contributed by atoms with Crippen LogP contribution < -0.4 is 5.73 Å². The summed E-state index contributed by atoms with van der Waals surface area (Å²) in [5.41, 5.74) is 6.18. The SMILES string of the molecule is CCOC(=O)[C@@H](N)Cc1cc(O)cc(O)c1. The summed E-state index contributed by atoms with van der Waals surface area (Å²) in [5.74, 6) is -0.623. The van der Waals surface area contributed by atoms with Gasteiger partial charge in [-0.1, -0.05) is 0 Å². The van der Waals surface area contributed by atoms with Gasteiger partial charge in [0.2, 0.25) is 0 Å². The number of phenolic OH excluding ortho intramolecular Hbond substituents is 2. The molecule has 4 N–H and O–H groups in total. The average molecular weight is 225 g/mol. The van der Waals surface area contributed by atoms with Crippen LogP contribution in [-0.4, -0.2) is 28.8 Å². The summed E-state index contributed by atoms with van der Waals surface area (Å²) in [6.45, 7) is 1.97. The lowest BCUT2D eigenvalue weighted by Crippen LogP contribution is -2.34. The van der Waals surface area contributed by atoms with Gasteiger partial charge in [0.25, 0.3) is 0 Å². The molecular weight excluding hydrogens is 210 g/mol. The van der Waals surface area contributed by atoms with Gasteiger partial charge < -0.3 is 20.7 Å². The quantitative estimate of drug-likeness (QED) is 0.650. The Morgan fingerprint density at radius 2 is 1.94 bits per heavy atom. The second kappa shape index (κ2) is 5.37. The van der Waals surface area contributed by atoms with Crippen molar-refractivity contribution in [1.82, 2.24) is 0 Å². The van der Waals surface area contributed by atoms with Crippen molar-refractivity contribution < 1.29 is 19.7 Å². The number of benzene rings is 1. The third kappa shape index (κ3) is 3.43. The zero-order valence-corrected chi connectivity index (χ0v) is 9.01. The zero-order valence-electron chi connectivity index (χ0n) is 9.01. The number of carbonyl (C=O) groups is 1. The number of nitrogens with two attached hydrogens (primary N) is 1. The molecule has 0 saturated carbocycles. The Labute approximate surface area is 93.5 Å². The maximum atomic E-state index is 11.2. The molecule has 0 heterocycles. The highest BCUT2D eigenvalue weighted by molar-refractivity contribution is 5.75. The molecule has 0 amide bonds. The number of carbonyl (C=O) groups excluding carboxylic acids is 1. The smallest absolute Gasteiger partial charge is 0.323 e. The lowest BCUT2D eigenvalue weighted by atomic mass is 10.1. The molecule has 0 radical (unpaired) electrons. The van der Waals surface area contributed by atoms with E-state index in [0.29, 0.717) is 5.56 Å². The van der Waals surface area contributed by atoms with Crippen molar-refractivity contribution in [3.63, 3.8) is 0 Å². The van der Waals surface area contributed by atoms with Crippen molar-refractivity contribution in [3.8, 4) is 11.5 Å². The molecule has 0 bridgehead atoms. The Morgan fingerprint density at radius 3 is 2.44 bits per heavy atom. The van der Waals surface area contributed by atoms with Gasteiger partial charge in [-0.05, 0) is 31.0 Å². The molecule has 88 valence electrons. The summed E-state index contributed by atoms with van der Waals surface area (Å²) in [5, 5.41) is 18.5. The molecule has 0 aliphatic heterocycles. The van der Waals surface area contributed by atoms with E-state index >= 15 is 0 Å². The van der Waals surface area contributed by atoms with Crippen LogP contribution >= 0.6 is 0 Å². The lowest BCUT2D eigenvalue weighted by Gasteiger charge is -2.10. The zero-order chi connectivity index (χ0) is 12.1. The number of rotatable bonds is 4. The minimum atomic E-state index is -0.791. The molecule has 0 unspecified atom stereocenters.